The molecule has 1 N–H and O–H groups in total. The quantitative estimate of drug-likeness (QED) is 0.869. The average Bonchev–Trinajstić information content (AvgIpc) is 2.32. The zero-order valence-electron chi connectivity index (χ0n) is 10.4. The summed E-state index contributed by atoms with van der Waals surface area (Å²) in [4.78, 5) is 0.359. The van der Waals surface area contributed by atoms with Crippen molar-refractivity contribution in [2.45, 2.75) is 42.0 Å². The molecule has 0 saturated heterocycles. The summed E-state index contributed by atoms with van der Waals surface area (Å²) in [5.41, 5.74) is 0.973. The molecule has 1 aliphatic rings. The van der Waals surface area contributed by atoms with E-state index in [2.05, 4.69) is 5.32 Å². The molecule has 3 nitrogen and oxygen atoms in total. The highest BCUT2D eigenvalue weighted by molar-refractivity contribution is 7.90. The Morgan fingerprint density at radius 3 is 2.17 bits per heavy atom. The van der Waals surface area contributed by atoms with Gasteiger partial charge in [0.15, 0.2) is 9.84 Å². The lowest BCUT2D eigenvalue weighted by molar-refractivity contribution is 0.468. The first-order valence-corrected chi connectivity index (χ1v) is 8.48. The van der Waals surface area contributed by atoms with E-state index in [0.717, 1.165) is 31.4 Å². The number of hydrogen-bond donors (Lipinski definition) is 1. The first-order chi connectivity index (χ1) is 8.45. The van der Waals surface area contributed by atoms with Crippen molar-refractivity contribution in [1.82, 2.24) is 0 Å². The van der Waals surface area contributed by atoms with Crippen molar-refractivity contribution in [3.05, 3.63) is 24.3 Å². The summed E-state index contributed by atoms with van der Waals surface area (Å²) in [5.74, 6) is 0. The fraction of sp³-hybridized carbons (Fsp3) is 0.538. The van der Waals surface area contributed by atoms with Crippen LogP contribution < -0.4 is 5.32 Å². The van der Waals surface area contributed by atoms with Gasteiger partial charge in [-0.3, -0.25) is 0 Å². The number of anilines is 1. The van der Waals surface area contributed by atoms with Gasteiger partial charge in [-0.15, -0.1) is 11.6 Å². The number of alkyl halides is 1. The van der Waals surface area contributed by atoms with Gasteiger partial charge >= 0.3 is 0 Å². The van der Waals surface area contributed by atoms with Crippen LogP contribution >= 0.6 is 11.6 Å². The van der Waals surface area contributed by atoms with Crippen LogP contribution in [0, 0.1) is 0 Å². The van der Waals surface area contributed by atoms with Crippen LogP contribution in [0.25, 0.3) is 0 Å². The van der Waals surface area contributed by atoms with Crippen LogP contribution in [0.3, 0.4) is 0 Å². The molecule has 0 radical (unpaired) electrons. The van der Waals surface area contributed by atoms with Gasteiger partial charge in [-0.1, -0.05) is 0 Å². The van der Waals surface area contributed by atoms with E-state index < -0.39 is 9.84 Å². The lowest BCUT2D eigenvalue weighted by Crippen LogP contribution is -2.26. The summed E-state index contributed by atoms with van der Waals surface area (Å²) in [7, 11) is -3.11. The zero-order valence-corrected chi connectivity index (χ0v) is 12.0. The van der Waals surface area contributed by atoms with Gasteiger partial charge in [0.25, 0.3) is 0 Å². The molecule has 0 bridgehead atoms. The fourth-order valence-electron chi connectivity index (χ4n) is 2.23. The van der Waals surface area contributed by atoms with Crippen molar-refractivity contribution in [2.24, 2.45) is 0 Å². The molecule has 0 amide bonds. The minimum Gasteiger partial charge on any atom is -0.382 e. The number of benzene rings is 1. The first-order valence-electron chi connectivity index (χ1n) is 6.16. The Bertz CT molecular complexity index is 490. The lowest BCUT2D eigenvalue weighted by Gasteiger charge is -2.26. The Hall–Kier alpha value is -0.740. The van der Waals surface area contributed by atoms with Gasteiger partial charge in [-0.2, -0.15) is 0 Å². The summed E-state index contributed by atoms with van der Waals surface area (Å²) in [6.45, 7) is 0. The van der Waals surface area contributed by atoms with Crippen LogP contribution in [-0.4, -0.2) is 26.1 Å². The standard InChI is InChI=1S/C13H18ClNO2S/c1-18(16,17)13-8-6-12(7-9-13)15-11-4-2-10(14)3-5-11/h6-11,15H,2-5H2,1H3. The van der Waals surface area contributed by atoms with E-state index >= 15 is 0 Å². The van der Waals surface area contributed by atoms with Crippen LogP contribution in [0.2, 0.25) is 0 Å². The van der Waals surface area contributed by atoms with Crippen molar-refractivity contribution in [2.75, 3.05) is 11.6 Å². The smallest absolute Gasteiger partial charge is 0.175 e. The van der Waals surface area contributed by atoms with Gasteiger partial charge < -0.3 is 5.32 Å². The van der Waals surface area contributed by atoms with Gasteiger partial charge in [-0.25, -0.2) is 8.42 Å². The Balaban J connectivity index is 1.98. The highest BCUT2D eigenvalue weighted by Gasteiger charge is 2.19. The fourth-order valence-corrected chi connectivity index (χ4v) is 3.11. The highest BCUT2D eigenvalue weighted by atomic mass is 35.5. The SMILES string of the molecule is CS(=O)(=O)c1ccc(NC2CCC(Cl)CC2)cc1. The van der Waals surface area contributed by atoms with Crippen molar-refractivity contribution in [1.29, 1.82) is 0 Å². The summed E-state index contributed by atoms with van der Waals surface area (Å²) in [6.07, 6.45) is 5.45. The normalized spacial score (nSPS) is 24.8. The molecular weight excluding hydrogens is 270 g/mol. The summed E-state index contributed by atoms with van der Waals surface area (Å²) in [6, 6.07) is 7.38. The van der Waals surface area contributed by atoms with Crippen molar-refractivity contribution >= 4 is 27.1 Å². The van der Waals surface area contributed by atoms with Crippen LogP contribution in [-0.2, 0) is 9.84 Å². The van der Waals surface area contributed by atoms with E-state index in [4.69, 9.17) is 11.6 Å². The van der Waals surface area contributed by atoms with Crippen LogP contribution in [0.15, 0.2) is 29.2 Å². The van der Waals surface area contributed by atoms with Gasteiger partial charge in [0.1, 0.15) is 0 Å². The molecule has 1 aromatic rings. The predicted molar refractivity (Wildman–Crippen MR) is 75.1 cm³/mol. The van der Waals surface area contributed by atoms with Crippen molar-refractivity contribution in [3.8, 4) is 0 Å². The number of rotatable bonds is 3. The number of nitrogens with one attached hydrogen (secondary N) is 1. The maximum atomic E-state index is 11.3. The van der Waals surface area contributed by atoms with E-state index in [9.17, 15) is 8.42 Å². The Morgan fingerprint density at radius 2 is 1.67 bits per heavy atom. The molecule has 0 aromatic heterocycles. The highest BCUT2D eigenvalue weighted by Crippen LogP contribution is 2.25. The van der Waals surface area contributed by atoms with Gasteiger partial charge in [0.2, 0.25) is 0 Å². The van der Waals surface area contributed by atoms with E-state index in [0.29, 0.717) is 16.3 Å². The zero-order chi connectivity index (χ0) is 13.2. The maximum absolute atomic E-state index is 11.3. The van der Waals surface area contributed by atoms with Crippen molar-refractivity contribution in [3.63, 3.8) is 0 Å². The molecule has 0 unspecified atom stereocenters. The first kappa shape index (κ1) is 13.7. The second kappa shape index (κ2) is 5.49. The second-order valence-corrected chi connectivity index (χ2v) is 7.52. The molecule has 0 aliphatic heterocycles. The molecule has 1 fully saturated rings. The monoisotopic (exact) mass is 287 g/mol. The van der Waals surface area contributed by atoms with Gasteiger partial charge in [0, 0.05) is 23.4 Å². The summed E-state index contributed by atoms with van der Waals surface area (Å²) >= 11 is 6.06. The molecule has 5 heteroatoms. The third-order valence-corrected chi connectivity index (χ3v) is 4.87. The Labute approximate surface area is 113 Å². The number of sulfone groups is 1. The largest absolute Gasteiger partial charge is 0.382 e. The number of hydrogen-bond acceptors (Lipinski definition) is 3. The molecule has 0 spiro atoms. The van der Waals surface area contributed by atoms with Crippen LogP contribution in [0.4, 0.5) is 5.69 Å². The Kier molecular flexibility index (Phi) is 4.17. The molecule has 0 atom stereocenters. The van der Waals surface area contributed by atoms with E-state index in [1.54, 1.807) is 12.1 Å². The molecule has 18 heavy (non-hydrogen) atoms. The van der Waals surface area contributed by atoms with Crippen LogP contribution in [0.5, 0.6) is 0 Å². The molecule has 1 aromatic carbocycles. The third-order valence-electron chi connectivity index (χ3n) is 3.31. The van der Waals surface area contributed by atoms with E-state index in [1.807, 2.05) is 12.1 Å². The van der Waals surface area contributed by atoms with Gasteiger partial charge in [0.05, 0.1) is 4.90 Å². The lowest BCUT2D eigenvalue weighted by atomic mass is 9.95. The topological polar surface area (TPSA) is 46.2 Å². The third kappa shape index (κ3) is 3.62. The van der Waals surface area contributed by atoms with Gasteiger partial charge in [-0.05, 0) is 49.9 Å². The number of halogens is 1. The molecule has 0 heterocycles. The van der Waals surface area contributed by atoms with E-state index in [-0.39, 0.29) is 0 Å². The summed E-state index contributed by atoms with van der Waals surface area (Å²) in [5, 5.41) is 3.74. The molecular formula is C13H18ClNO2S. The van der Waals surface area contributed by atoms with Crippen molar-refractivity contribution < 1.29 is 8.42 Å². The maximum Gasteiger partial charge on any atom is 0.175 e. The molecule has 1 aliphatic carbocycles. The molecule has 100 valence electrons. The van der Waals surface area contributed by atoms with E-state index in [1.165, 1.54) is 6.26 Å². The molecule has 2 rings (SSSR count). The average molecular weight is 288 g/mol. The molecule has 1 saturated carbocycles. The second-order valence-electron chi connectivity index (χ2n) is 4.89. The predicted octanol–water partition coefficient (Wildman–Crippen LogP) is 3.05. The Morgan fingerprint density at radius 1 is 1.11 bits per heavy atom. The minimum atomic E-state index is -3.11. The minimum absolute atomic E-state index is 0.315. The summed E-state index contributed by atoms with van der Waals surface area (Å²) < 4.78 is 22.7. The van der Waals surface area contributed by atoms with Crippen LogP contribution in [0.1, 0.15) is 25.7 Å².